The van der Waals surface area contributed by atoms with Gasteiger partial charge < -0.3 is 5.32 Å². The maximum atomic E-state index is 11.9. The molecule has 0 aromatic carbocycles. The summed E-state index contributed by atoms with van der Waals surface area (Å²) in [6.07, 6.45) is 2.55. The van der Waals surface area contributed by atoms with Crippen molar-refractivity contribution in [2.75, 3.05) is 13.1 Å². The van der Waals surface area contributed by atoms with Crippen molar-refractivity contribution in [3.8, 4) is 0 Å². The van der Waals surface area contributed by atoms with E-state index in [0.29, 0.717) is 23.5 Å². The monoisotopic (exact) mass is 283 g/mol. The van der Waals surface area contributed by atoms with Crippen LogP contribution < -0.4 is 5.32 Å². The molecular formula is C14H25N3OS. The lowest BCUT2D eigenvalue weighted by Gasteiger charge is -2.30. The number of nitrogens with one attached hydrogen (secondary N) is 1. The van der Waals surface area contributed by atoms with Gasteiger partial charge in [-0.3, -0.25) is 9.69 Å². The van der Waals surface area contributed by atoms with E-state index in [-0.39, 0.29) is 5.91 Å². The molecular weight excluding hydrogens is 258 g/mol. The standard InChI is InChI=1S/C14H25N3OS/c1-6-13-16-9-12(19-13)14(18)15-7-8-17(10(2)3)11(4)5/h9-11H,6-8H2,1-5H3,(H,15,18). The molecule has 0 aliphatic rings. The van der Waals surface area contributed by atoms with Crippen molar-refractivity contribution in [2.24, 2.45) is 0 Å². The number of aryl methyl sites for hydroxylation is 1. The number of hydrogen-bond acceptors (Lipinski definition) is 4. The third kappa shape index (κ3) is 4.91. The van der Waals surface area contributed by atoms with Crippen molar-refractivity contribution in [1.29, 1.82) is 0 Å². The predicted molar refractivity (Wildman–Crippen MR) is 80.8 cm³/mol. The van der Waals surface area contributed by atoms with E-state index in [1.54, 1.807) is 6.20 Å². The van der Waals surface area contributed by atoms with Gasteiger partial charge in [0.1, 0.15) is 4.88 Å². The third-order valence-corrected chi connectivity index (χ3v) is 4.20. The molecule has 0 fully saturated rings. The van der Waals surface area contributed by atoms with Crippen LogP contribution in [0.15, 0.2) is 6.20 Å². The van der Waals surface area contributed by atoms with Crippen LogP contribution in [-0.2, 0) is 6.42 Å². The van der Waals surface area contributed by atoms with Gasteiger partial charge >= 0.3 is 0 Å². The summed E-state index contributed by atoms with van der Waals surface area (Å²) < 4.78 is 0. The van der Waals surface area contributed by atoms with Crippen LogP contribution in [0.2, 0.25) is 0 Å². The van der Waals surface area contributed by atoms with E-state index in [0.717, 1.165) is 18.0 Å². The molecule has 1 amide bonds. The Balaban J connectivity index is 2.42. The molecule has 5 heteroatoms. The van der Waals surface area contributed by atoms with Crippen LogP contribution in [0.5, 0.6) is 0 Å². The fourth-order valence-electron chi connectivity index (χ4n) is 2.08. The van der Waals surface area contributed by atoms with Crippen LogP contribution >= 0.6 is 11.3 Å². The normalized spacial score (nSPS) is 11.6. The van der Waals surface area contributed by atoms with Gasteiger partial charge in [-0.15, -0.1) is 11.3 Å². The zero-order valence-corrected chi connectivity index (χ0v) is 13.4. The fourth-order valence-corrected chi connectivity index (χ4v) is 2.85. The number of nitrogens with zero attached hydrogens (tertiary/aromatic N) is 2. The van der Waals surface area contributed by atoms with Gasteiger partial charge in [0.15, 0.2) is 0 Å². The van der Waals surface area contributed by atoms with Crippen LogP contribution in [0.3, 0.4) is 0 Å². The van der Waals surface area contributed by atoms with Crippen LogP contribution in [0.1, 0.15) is 49.3 Å². The molecule has 1 rings (SSSR count). The zero-order chi connectivity index (χ0) is 14.4. The summed E-state index contributed by atoms with van der Waals surface area (Å²) in [4.78, 5) is 19.2. The third-order valence-electron chi connectivity index (χ3n) is 3.06. The highest BCUT2D eigenvalue weighted by Gasteiger charge is 2.14. The molecule has 1 N–H and O–H groups in total. The molecule has 0 bridgehead atoms. The van der Waals surface area contributed by atoms with Crippen molar-refractivity contribution in [3.63, 3.8) is 0 Å². The van der Waals surface area contributed by atoms with Gasteiger partial charge in [-0.1, -0.05) is 6.92 Å². The van der Waals surface area contributed by atoms with Crippen molar-refractivity contribution >= 4 is 17.2 Å². The largest absolute Gasteiger partial charge is 0.350 e. The van der Waals surface area contributed by atoms with E-state index < -0.39 is 0 Å². The van der Waals surface area contributed by atoms with Gasteiger partial charge in [-0.2, -0.15) is 0 Å². The topological polar surface area (TPSA) is 45.2 Å². The molecule has 1 aromatic rings. The molecule has 108 valence electrons. The fraction of sp³-hybridized carbons (Fsp3) is 0.714. The SMILES string of the molecule is CCc1ncc(C(=O)NCCN(C(C)C)C(C)C)s1. The van der Waals surface area contributed by atoms with Gasteiger partial charge in [0.2, 0.25) is 0 Å². The average Bonchev–Trinajstić information content (AvgIpc) is 2.82. The minimum atomic E-state index is -0.00957. The lowest BCUT2D eigenvalue weighted by molar-refractivity contribution is 0.0943. The molecule has 0 saturated heterocycles. The Kier molecular flexibility index (Phi) is 6.45. The first-order valence-electron chi connectivity index (χ1n) is 6.94. The maximum Gasteiger partial charge on any atom is 0.263 e. The summed E-state index contributed by atoms with van der Waals surface area (Å²) in [5, 5.41) is 3.98. The number of amides is 1. The molecule has 4 nitrogen and oxygen atoms in total. The maximum absolute atomic E-state index is 11.9. The second-order valence-corrected chi connectivity index (χ2v) is 6.27. The molecule has 0 spiro atoms. The number of carbonyl (C=O) groups excluding carboxylic acids is 1. The highest BCUT2D eigenvalue weighted by molar-refractivity contribution is 7.13. The Labute approximate surface area is 120 Å². The van der Waals surface area contributed by atoms with Gasteiger partial charge in [-0.25, -0.2) is 4.98 Å². The van der Waals surface area contributed by atoms with E-state index in [4.69, 9.17) is 0 Å². The molecule has 0 atom stereocenters. The highest BCUT2D eigenvalue weighted by atomic mass is 32.1. The van der Waals surface area contributed by atoms with Gasteiger partial charge in [0.25, 0.3) is 5.91 Å². The van der Waals surface area contributed by atoms with Crippen LogP contribution in [-0.4, -0.2) is 41.0 Å². The first-order valence-corrected chi connectivity index (χ1v) is 7.76. The lowest BCUT2D eigenvalue weighted by atomic mass is 10.2. The first-order chi connectivity index (χ1) is 8.95. The Morgan fingerprint density at radius 2 is 2.00 bits per heavy atom. The number of aromatic nitrogens is 1. The first kappa shape index (κ1) is 16.1. The Bertz CT molecular complexity index is 393. The molecule has 0 saturated carbocycles. The Hall–Kier alpha value is -0.940. The average molecular weight is 283 g/mol. The summed E-state index contributed by atoms with van der Waals surface area (Å²) >= 11 is 1.48. The summed E-state index contributed by atoms with van der Waals surface area (Å²) in [6.45, 7) is 12.3. The van der Waals surface area contributed by atoms with E-state index >= 15 is 0 Å². The van der Waals surface area contributed by atoms with Crippen molar-refractivity contribution < 1.29 is 4.79 Å². The van der Waals surface area contributed by atoms with E-state index in [9.17, 15) is 4.79 Å². The van der Waals surface area contributed by atoms with Crippen LogP contribution in [0.25, 0.3) is 0 Å². The van der Waals surface area contributed by atoms with Crippen molar-refractivity contribution in [1.82, 2.24) is 15.2 Å². The van der Waals surface area contributed by atoms with Crippen molar-refractivity contribution in [2.45, 2.75) is 53.1 Å². The zero-order valence-electron chi connectivity index (χ0n) is 12.6. The molecule has 1 heterocycles. The molecule has 1 aromatic heterocycles. The van der Waals surface area contributed by atoms with Crippen LogP contribution in [0, 0.1) is 0 Å². The van der Waals surface area contributed by atoms with Crippen LogP contribution in [0.4, 0.5) is 0 Å². The quantitative estimate of drug-likeness (QED) is 0.836. The Morgan fingerprint density at radius 3 is 2.47 bits per heavy atom. The molecule has 19 heavy (non-hydrogen) atoms. The molecule has 0 aliphatic heterocycles. The molecule has 0 aliphatic carbocycles. The summed E-state index contributed by atoms with van der Waals surface area (Å²) in [7, 11) is 0. The lowest BCUT2D eigenvalue weighted by Crippen LogP contribution is -2.42. The summed E-state index contributed by atoms with van der Waals surface area (Å²) in [6, 6.07) is 0.985. The van der Waals surface area contributed by atoms with Crippen molar-refractivity contribution in [3.05, 3.63) is 16.1 Å². The summed E-state index contributed by atoms with van der Waals surface area (Å²) in [5.74, 6) is -0.00957. The number of hydrogen-bond donors (Lipinski definition) is 1. The van der Waals surface area contributed by atoms with Gasteiger partial charge in [-0.05, 0) is 34.1 Å². The summed E-state index contributed by atoms with van der Waals surface area (Å²) in [5.41, 5.74) is 0. The number of rotatable bonds is 7. The van der Waals surface area contributed by atoms with E-state index in [1.807, 2.05) is 6.92 Å². The number of thiazole rings is 1. The molecule has 0 radical (unpaired) electrons. The van der Waals surface area contributed by atoms with Gasteiger partial charge in [0, 0.05) is 25.2 Å². The predicted octanol–water partition coefficient (Wildman–Crippen LogP) is 2.55. The Morgan fingerprint density at radius 1 is 1.37 bits per heavy atom. The van der Waals surface area contributed by atoms with E-state index in [1.165, 1.54) is 11.3 Å². The second kappa shape index (κ2) is 7.60. The minimum absolute atomic E-state index is 0.00957. The highest BCUT2D eigenvalue weighted by Crippen LogP contribution is 2.12. The minimum Gasteiger partial charge on any atom is -0.350 e. The number of carbonyl (C=O) groups is 1. The molecule has 0 unspecified atom stereocenters. The smallest absolute Gasteiger partial charge is 0.263 e. The second-order valence-electron chi connectivity index (χ2n) is 5.15. The van der Waals surface area contributed by atoms with E-state index in [2.05, 4.69) is 42.9 Å². The van der Waals surface area contributed by atoms with Gasteiger partial charge in [0.05, 0.1) is 11.2 Å².